The zero-order valence-electron chi connectivity index (χ0n) is 16.4. The first-order valence-electron chi connectivity index (χ1n) is 9.53. The molecule has 4 nitrogen and oxygen atoms in total. The van der Waals surface area contributed by atoms with E-state index in [1.54, 1.807) is 0 Å². The molecule has 1 N–H and O–H groups in total. The van der Waals surface area contributed by atoms with Gasteiger partial charge in [0.05, 0.1) is 0 Å². The van der Waals surface area contributed by atoms with Crippen LogP contribution in [-0.2, 0) is 16.7 Å². The van der Waals surface area contributed by atoms with Crippen LogP contribution in [0.2, 0.25) is 0 Å². The van der Waals surface area contributed by atoms with Gasteiger partial charge >= 0.3 is 0 Å². The lowest BCUT2D eigenvalue weighted by Crippen LogP contribution is -2.26. The van der Waals surface area contributed by atoms with Gasteiger partial charge in [0.15, 0.2) is 0 Å². The monoisotopic (exact) mass is 394 g/mol. The minimum atomic E-state index is -2.27. The van der Waals surface area contributed by atoms with Crippen LogP contribution < -0.4 is 0 Å². The highest BCUT2D eigenvalue weighted by Crippen LogP contribution is 2.25. The number of rotatable bonds is 3. The third-order valence-electron chi connectivity index (χ3n) is 5.18. The normalized spacial score (nSPS) is 16.3. The molecule has 1 unspecified atom stereocenters. The molecule has 0 bridgehead atoms. The molecule has 28 heavy (non-hydrogen) atoms. The van der Waals surface area contributed by atoms with Gasteiger partial charge in [-0.3, -0.25) is 0 Å². The second kappa shape index (κ2) is 9.56. The first-order valence-corrected chi connectivity index (χ1v) is 10.6. The van der Waals surface area contributed by atoms with Gasteiger partial charge in [0.1, 0.15) is 0 Å². The Morgan fingerprint density at radius 2 is 2.00 bits per heavy atom. The molecular weight excluding hydrogens is 368 g/mol. The molecule has 1 aliphatic rings. The van der Waals surface area contributed by atoms with Crippen molar-refractivity contribution in [2.75, 3.05) is 13.6 Å². The maximum absolute atomic E-state index is 10.6. The van der Waals surface area contributed by atoms with Crippen LogP contribution in [0.5, 0.6) is 0 Å². The number of benzene rings is 2. The Labute approximate surface area is 168 Å². The fourth-order valence-corrected chi connectivity index (χ4v) is 3.83. The number of likely N-dealkylation sites (tertiary alicyclic amines) is 1. The SMILES string of the molecule is CN1CCCC1Cc1c[nH]c2ccc(C=C=S(=O)=O)cc12.Cc1ccccc1. The summed E-state index contributed by atoms with van der Waals surface area (Å²) in [6.07, 6.45) is 7.11. The van der Waals surface area contributed by atoms with Crippen molar-refractivity contribution in [2.45, 2.75) is 32.2 Å². The maximum atomic E-state index is 10.6. The smallest absolute Gasteiger partial charge is 0.260 e. The van der Waals surface area contributed by atoms with Crippen LogP contribution in [0.15, 0.2) is 54.7 Å². The van der Waals surface area contributed by atoms with Crippen molar-refractivity contribution >= 4 is 32.3 Å². The van der Waals surface area contributed by atoms with E-state index < -0.39 is 10.3 Å². The van der Waals surface area contributed by atoms with Crippen LogP contribution in [0.3, 0.4) is 0 Å². The van der Waals surface area contributed by atoms with E-state index in [4.69, 9.17) is 0 Å². The summed E-state index contributed by atoms with van der Waals surface area (Å²) in [4.78, 5) is 5.71. The molecule has 2 heterocycles. The molecule has 1 aromatic heterocycles. The van der Waals surface area contributed by atoms with Crippen LogP contribution >= 0.6 is 0 Å². The number of aryl methyl sites for hydroxylation is 1. The molecule has 5 heteroatoms. The largest absolute Gasteiger partial charge is 0.361 e. The van der Waals surface area contributed by atoms with Gasteiger partial charge in [-0.25, -0.2) is 0 Å². The molecule has 146 valence electrons. The van der Waals surface area contributed by atoms with E-state index in [-0.39, 0.29) is 0 Å². The van der Waals surface area contributed by atoms with Gasteiger partial charge in [-0.2, -0.15) is 8.42 Å². The molecule has 0 amide bonds. The molecule has 4 rings (SSSR count). The number of fused-ring (bicyclic) bond motifs is 1. The second-order valence-corrected chi connectivity index (χ2v) is 7.96. The molecule has 1 aliphatic heterocycles. The molecule has 1 atom stereocenters. The van der Waals surface area contributed by atoms with Gasteiger partial charge in [-0.05, 0) is 63.0 Å². The molecule has 1 saturated heterocycles. The van der Waals surface area contributed by atoms with Crippen LogP contribution in [0, 0.1) is 6.92 Å². The summed E-state index contributed by atoms with van der Waals surface area (Å²) < 4.78 is 21.1. The van der Waals surface area contributed by atoms with E-state index in [2.05, 4.69) is 47.2 Å². The predicted molar refractivity (Wildman–Crippen MR) is 117 cm³/mol. The molecule has 0 radical (unpaired) electrons. The van der Waals surface area contributed by atoms with E-state index in [0.717, 1.165) is 17.5 Å². The number of H-pyrrole nitrogens is 1. The fourth-order valence-electron chi connectivity index (χ4n) is 3.60. The Kier molecular flexibility index (Phi) is 6.88. The van der Waals surface area contributed by atoms with Crippen LogP contribution in [0.25, 0.3) is 17.0 Å². The summed E-state index contributed by atoms with van der Waals surface area (Å²) in [5.41, 5.74) is 4.56. The third-order valence-corrected chi connectivity index (χ3v) is 5.49. The molecule has 1 fully saturated rings. The maximum Gasteiger partial charge on any atom is 0.260 e. The quantitative estimate of drug-likeness (QED) is 0.681. The van der Waals surface area contributed by atoms with Crippen LogP contribution in [0.4, 0.5) is 0 Å². The average molecular weight is 395 g/mol. The van der Waals surface area contributed by atoms with Gasteiger partial charge in [-0.15, -0.1) is 0 Å². The predicted octanol–water partition coefficient (Wildman–Crippen LogP) is 4.09. The summed E-state index contributed by atoms with van der Waals surface area (Å²) >= 11 is 0. The molecule has 0 saturated carbocycles. The summed E-state index contributed by atoms with van der Waals surface area (Å²) in [5.74, 6) is 0. The molecule has 0 spiro atoms. The van der Waals surface area contributed by atoms with Gasteiger partial charge < -0.3 is 9.88 Å². The van der Waals surface area contributed by atoms with Crippen molar-refractivity contribution < 1.29 is 8.42 Å². The Hall–Kier alpha value is -2.59. The molecular formula is C23H26N2O2S. The summed E-state index contributed by atoms with van der Waals surface area (Å²) in [5, 5.41) is 3.46. The second-order valence-electron chi connectivity index (χ2n) is 7.25. The van der Waals surface area contributed by atoms with Crippen molar-refractivity contribution in [3.8, 4) is 0 Å². The minimum Gasteiger partial charge on any atom is -0.361 e. The number of aromatic nitrogens is 1. The molecule has 0 aliphatic carbocycles. The van der Waals surface area contributed by atoms with E-state index in [9.17, 15) is 8.42 Å². The van der Waals surface area contributed by atoms with Crippen molar-refractivity contribution in [2.24, 2.45) is 0 Å². The van der Waals surface area contributed by atoms with Crippen molar-refractivity contribution in [3.63, 3.8) is 0 Å². The number of likely N-dealkylation sites (N-methyl/N-ethyl adjacent to an activating group) is 1. The zero-order valence-corrected chi connectivity index (χ0v) is 17.2. The Balaban J connectivity index is 0.000000271. The number of aromatic amines is 1. The number of hydrogen-bond donors (Lipinski definition) is 1. The van der Waals surface area contributed by atoms with E-state index >= 15 is 0 Å². The number of nitrogens with zero attached hydrogens (tertiary/aromatic N) is 1. The highest BCUT2D eigenvalue weighted by atomic mass is 32.2. The zero-order chi connectivity index (χ0) is 19.9. The average Bonchev–Trinajstić information content (AvgIpc) is 3.28. The molecule has 3 aromatic rings. The third kappa shape index (κ3) is 5.46. The lowest BCUT2D eigenvalue weighted by Gasteiger charge is -2.18. The van der Waals surface area contributed by atoms with E-state index in [1.807, 2.05) is 36.4 Å². The van der Waals surface area contributed by atoms with Gasteiger partial charge in [-0.1, -0.05) is 42.0 Å². The lowest BCUT2D eigenvalue weighted by molar-refractivity contribution is 0.310. The van der Waals surface area contributed by atoms with Crippen molar-refractivity contribution in [1.29, 1.82) is 0 Å². The summed E-state index contributed by atoms with van der Waals surface area (Å²) in [6, 6.07) is 16.8. The standard InChI is InChI=1S/C16H18N2O2S.C7H8/c1-18-7-2-3-14(18)10-13-11-17-16-5-4-12(9-15(13)16)6-8-21(19)20;1-7-5-3-2-4-6-7/h4-6,9,11,14,17H,2-3,7,10H2,1H3;2-6H,1H3. The van der Waals surface area contributed by atoms with Crippen LogP contribution in [-0.4, -0.2) is 43.0 Å². The highest BCUT2D eigenvalue weighted by molar-refractivity contribution is 7.71. The number of hydrogen-bond acceptors (Lipinski definition) is 3. The first kappa shape index (κ1) is 20.2. The van der Waals surface area contributed by atoms with Gasteiger partial charge in [0.2, 0.25) is 0 Å². The lowest BCUT2D eigenvalue weighted by atomic mass is 10.0. The minimum absolute atomic E-state index is 0.601. The highest BCUT2D eigenvalue weighted by Gasteiger charge is 2.22. The van der Waals surface area contributed by atoms with Gasteiger partial charge in [0, 0.05) is 34.2 Å². The van der Waals surface area contributed by atoms with E-state index in [1.165, 1.54) is 42.0 Å². The topological polar surface area (TPSA) is 53.2 Å². The number of nitrogens with one attached hydrogen (secondary N) is 1. The Morgan fingerprint density at radius 1 is 1.21 bits per heavy atom. The van der Waals surface area contributed by atoms with Crippen molar-refractivity contribution in [1.82, 2.24) is 9.88 Å². The van der Waals surface area contributed by atoms with Crippen molar-refractivity contribution in [3.05, 3.63) is 71.4 Å². The fraction of sp³-hybridized carbons (Fsp3) is 0.304. The molecule has 2 aromatic carbocycles. The van der Waals surface area contributed by atoms with E-state index in [0.29, 0.717) is 6.04 Å². The Bertz CT molecular complexity index is 1090. The summed E-state index contributed by atoms with van der Waals surface area (Å²) in [6.45, 7) is 3.26. The Morgan fingerprint density at radius 3 is 2.61 bits per heavy atom. The first-order chi connectivity index (χ1) is 13.5. The van der Waals surface area contributed by atoms with Gasteiger partial charge in [0.25, 0.3) is 10.3 Å². The van der Waals surface area contributed by atoms with Crippen LogP contribution in [0.1, 0.15) is 29.5 Å². The summed E-state index contributed by atoms with van der Waals surface area (Å²) in [7, 11) is -0.0943.